The van der Waals surface area contributed by atoms with Crippen LogP contribution >= 0.6 is 0 Å². The Morgan fingerprint density at radius 3 is 2.96 bits per heavy atom. The van der Waals surface area contributed by atoms with Crippen LogP contribution in [0.25, 0.3) is 11.7 Å². The summed E-state index contributed by atoms with van der Waals surface area (Å²) in [4.78, 5) is 12.1. The van der Waals surface area contributed by atoms with Crippen LogP contribution in [0.1, 0.15) is 41.7 Å². The number of hydrogen-bond acceptors (Lipinski definition) is 3. The van der Waals surface area contributed by atoms with Crippen LogP contribution < -0.4 is 5.32 Å². The fourth-order valence-corrected chi connectivity index (χ4v) is 3.27. The van der Waals surface area contributed by atoms with Crippen molar-refractivity contribution in [3.8, 4) is 0 Å². The maximum Gasteiger partial charge on any atom is 0.244 e. The standard InChI is InChI=1S/C19H21N5O/c1-13-11-15(14(2)24(13)16-7-8-16)6-9-19(25)20-12-18-22-21-17-5-3-4-10-23(17)18/h3-6,9-11,16H,7-8,12H2,1-2H3,(H,20,25)/b9-6+. The normalized spacial score (nSPS) is 14.5. The summed E-state index contributed by atoms with van der Waals surface area (Å²) in [6.07, 6.45) is 7.87. The summed E-state index contributed by atoms with van der Waals surface area (Å²) in [5.74, 6) is 0.577. The van der Waals surface area contributed by atoms with Crippen molar-refractivity contribution < 1.29 is 4.79 Å². The van der Waals surface area contributed by atoms with E-state index >= 15 is 0 Å². The summed E-state index contributed by atoms with van der Waals surface area (Å²) in [7, 11) is 0. The third-order valence-corrected chi connectivity index (χ3v) is 4.65. The van der Waals surface area contributed by atoms with E-state index in [1.807, 2.05) is 34.9 Å². The number of amides is 1. The lowest BCUT2D eigenvalue weighted by atomic mass is 10.2. The maximum atomic E-state index is 12.1. The van der Waals surface area contributed by atoms with Crippen LogP contribution in [-0.4, -0.2) is 25.1 Å². The first kappa shape index (κ1) is 15.6. The van der Waals surface area contributed by atoms with E-state index in [1.165, 1.54) is 24.2 Å². The van der Waals surface area contributed by atoms with Crippen LogP contribution in [0.2, 0.25) is 0 Å². The lowest BCUT2D eigenvalue weighted by molar-refractivity contribution is -0.116. The molecule has 0 atom stereocenters. The molecule has 0 aliphatic heterocycles. The molecule has 25 heavy (non-hydrogen) atoms. The second-order valence-electron chi connectivity index (χ2n) is 6.52. The smallest absolute Gasteiger partial charge is 0.244 e. The van der Waals surface area contributed by atoms with E-state index in [0.29, 0.717) is 18.4 Å². The number of nitrogens with one attached hydrogen (secondary N) is 1. The van der Waals surface area contributed by atoms with Gasteiger partial charge in [-0.1, -0.05) is 6.07 Å². The minimum atomic E-state index is -0.135. The first-order chi connectivity index (χ1) is 12.1. The third-order valence-electron chi connectivity index (χ3n) is 4.65. The van der Waals surface area contributed by atoms with Gasteiger partial charge in [-0.2, -0.15) is 0 Å². The summed E-state index contributed by atoms with van der Waals surface area (Å²) >= 11 is 0. The van der Waals surface area contributed by atoms with Gasteiger partial charge in [0.05, 0.1) is 6.54 Å². The van der Waals surface area contributed by atoms with E-state index < -0.39 is 0 Å². The van der Waals surface area contributed by atoms with Gasteiger partial charge >= 0.3 is 0 Å². The van der Waals surface area contributed by atoms with Crippen molar-refractivity contribution in [2.45, 2.75) is 39.3 Å². The van der Waals surface area contributed by atoms with Crippen LogP contribution in [-0.2, 0) is 11.3 Å². The number of rotatable bonds is 5. The van der Waals surface area contributed by atoms with Crippen molar-refractivity contribution in [3.63, 3.8) is 0 Å². The van der Waals surface area contributed by atoms with E-state index in [2.05, 4.69) is 40.0 Å². The molecule has 1 amide bonds. The molecule has 3 heterocycles. The van der Waals surface area contributed by atoms with E-state index in [9.17, 15) is 4.79 Å². The fourth-order valence-electron chi connectivity index (χ4n) is 3.27. The number of aromatic nitrogens is 4. The highest BCUT2D eigenvalue weighted by molar-refractivity contribution is 5.91. The Kier molecular flexibility index (Phi) is 3.87. The SMILES string of the molecule is Cc1cc(/C=C/C(=O)NCc2nnc3ccccn23)c(C)n1C1CC1. The molecule has 1 saturated carbocycles. The molecular formula is C19H21N5O. The number of carbonyl (C=O) groups excluding carboxylic acids is 1. The van der Waals surface area contributed by atoms with E-state index in [0.717, 1.165) is 11.2 Å². The van der Waals surface area contributed by atoms with E-state index in [4.69, 9.17) is 0 Å². The lowest BCUT2D eigenvalue weighted by Gasteiger charge is -2.06. The maximum absolute atomic E-state index is 12.1. The predicted octanol–water partition coefficient (Wildman–Crippen LogP) is 2.81. The second-order valence-corrected chi connectivity index (χ2v) is 6.52. The fraction of sp³-hybridized carbons (Fsp3) is 0.316. The Morgan fingerprint density at radius 1 is 1.32 bits per heavy atom. The molecule has 6 nitrogen and oxygen atoms in total. The van der Waals surface area contributed by atoms with E-state index in [-0.39, 0.29) is 5.91 Å². The topological polar surface area (TPSA) is 64.2 Å². The van der Waals surface area contributed by atoms with Crippen molar-refractivity contribution >= 4 is 17.6 Å². The Bertz CT molecular complexity index is 962. The van der Waals surface area contributed by atoms with Crippen LogP contribution in [0.3, 0.4) is 0 Å². The Hall–Kier alpha value is -2.89. The number of hydrogen-bond donors (Lipinski definition) is 1. The van der Waals surface area contributed by atoms with Gasteiger partial charge in [-0.15, -0.1) is 10.2 Å². The Morgan fingerprint density at radius 2 is 2.16 bits per heavy atom. The van der Waals surface area contributed by atoms with Crippen molar-refractivity contribution in [1.29, 1.82) is 0 Å². The number of nitrogens with zero attached hydrogens (tertiary/aromatic N) is 4. The zero-order valence-corrected chi connectivity index (χ0v) is 14.4. The van der Waals surface area contributed by atoms with Gasteiger partial charge in [0.15, 0.2) is 11.5 Å². The van der Waals surface area contributed by atoms with Crippen LogP contribution in [0, 0.1) is 13.8 Å². The van der Waals surface area contributed by atoms with Crippen molar-refractivity contribution in [3.05, 3.63) is 59.3 Å². The number of carbonyl (C=O) groups is 1. The molecule has 1 aliphatic rings. The first-order valence-corrected chi connectivity index (χ1v) is 8.56. The Balaban J connectivity index is 1.42. The van der Waals surface area contributed by atoms with Crippen LogP contribution in [0.4, 0.5) is 0 Å². The molecule has 1 aliphatic carbocycles. The summed E-state index contributed by atoms with van der Waals surface area (Å²) in [6, 6.07) is 8.50. The number of aryl methyl sites for hydroxylation is 1. The second kappa shape index (κ2) is 6.20. The average molecular weight is 335 g/mol. The van der Waals surface area contributed by atoms with Gasteiger partial charge in [-0.3, -0.25) is 9.20 Å². The molecule has 0 aromatic carbocycles. The van der Waals surface area contributed by atoms with Crippen molar-refractivity contribution in [2.24, 2.45) is 0 Å². The van der Waals surface area contributed by atoms with Crippen molar-refractivity contribution in [1.82, 2.24) is 24.5 Å². The first-order valence-electron chi connectivity index (χ1n) is 8.56. The number of fused-ring (bicyclic) bond motifs is 1. The molecule has 0 bridgehead atoms. The summed E-state index contributed by atoms with van der Waals surface area (Å²) in [5.41, 5.74) is 4.37. The minimum absolute atomic E-state index is 0.135. The molecule has 3 aromatic heterocycles. The average Bonchev–Trinajstić information content (AvgIpc) is 3.28. The molecule has 3 aromatic rings. The zero-order valence-electron chi connectivity index (χ0n) is 14.4. The molecule has 0 spiro atoms. The van der Waals surface area contributed by atoms with Gasteiger partial charge in [0.25, 0.3) is 0 Å². The monoisotopic (exact) mass is 335 g/mol. The molecular weight excluding hydrogens is 314 g/mol. The zero-order chi connectivity index (χ0) is 17.4. The van der Waals surface area contributed by atoms with Gasteiger partial charge in [0.2, 0.25) is 5.91 Å². The molecule has 6 heteroatoms. The van der Waals surface area contributed by atoms with Crippen LogP contribution in [0.5, 0.6) is 0 Å². The number of pyridine rings is 1. The van der Waals surface area contributed by atoms with Gasteiger partial charge in [0.1, 0.15) is 0 Å². The van der Waals surface area contributed by atoms with Crippen LogP contribution in [0.15, 0.2) is 36.5 Å². The lowest BCUT2D eigenvalue weighted by Crippen LogP contribution is -2.21. The summed E-state index contributed by atoms with van der Waals surface area (Å²) < 4.78 is 4.24. The largest absolute Gasteiger partial charge is 0.346 e. The summed E-state index contributed by atoms with van der Waals surface area (Å²) in [5, 5.41) is 11.1. The molecule has 128 valence electrons. The van der Waals surface area contributed by atoms with Gasteiger partial charge in [-0.05, 0) is 56.5 Å². The van der Waals surface area contributed by atoms with Crippen molar-refractivity contribution in [2.75, 3.05) is 0 Å². The molecule has 0 unspecified atom stereocenters. The highest BCUT2D eigenvalue weighted by Gasteiger charge is 2.26. The van der Waals surface area contributed by atoms with E-state index in [1.54, 1.807) is 6.08 Å². The third kappa shape index (κ3) is 3.07. The quantitative estimate of drug-likeness (QED) is 0.729. The predicted molar refractivity (Wildman–Crippen MR) is 96.0 cm³/mol. The molecule has 0 radical (unpaired) electrons. The minimum Gasteiger partial charge on any atom is -0.346 e. The Labute approximate surface area is 146 Å². The molecule has 1 N–H and O–H groups in total. The highest BCUT2D eigenvalue weighted by Crippen LogP contribution is 2.38. The summed E-state index contributed by atoms with van der Waals surface area (Å²) in [6.45, 7) is 4.58. The molecule has 0 saturated heterocycles. The van der Waals surface area contributed by atoms with Gasteiger partial charge in [-0.25, -0.2) is 0 Å². The van der Waals surface area contributed by atoms with Gasteiger partial charge < -0.3 is 9.88 Å². The van der Waals surface area contributed by atoms with Gasteiger partial charge in [0, 0.05) is 29.7 Å². The highest BCUT2D eigenvalue weighted by atomic mass is 16.1. The molecule has 1 fully saturated rings. The molecule has 4 rings (SSSR count).